The van der Waals surface area contributed by atoms with Crippen LogP contribution in [0, 0.1) is 0 Å². The van der Waals surface area contributed by atoms with Gasteiger partial charge in [-0.05, 0) is 19.9 Å². The maximum atomic E-state index is 11.3. The van der Waals surface area contributed by atoms with Gasteiger partial charge in [0, 0.05) is 26.2 Å². The van der Waals surface area contributed by atoms with Crippen molar-refractivity contribution in [2.45, 2.75) is 18.9 Å². The first kappa shape index (κ1) is 12.4. The lowest BCUT2D eigenvalue weighted by atomic mass is 10.2. The number of carbonyl (C=O) groups is 1. The van der Waals surface area contributed by atoms with Crippen molar-refractivity contribution in [3.05, 3.63) is 0 Å². The Morgan fingerprint density at radius 3 is 3.07 bits per heavy atom. The van der Waals surface area contributed by atoms with Gasteiger partial charge in [0.2, 0.25) is 5.91 Å². The molecule has 3 N–H and O–H groups in total. The number of ether oxygens (including phenoxy) is 1. The molecular formula is C10H21N3O2. The van der Waals surface area contributed by atoms with Gasteiger partial charge >= 0.3 is 0 Å². The van der Waals surface area contributed by atoms with Gasteiger partial charge in [-0.2, -0.15) is 0 Å². The smallest absolute Gasteiger partial charge is 0.234 e. The fraction of sp³-hybridized carbons (Fsp3) is 0.900. The van der Waals surface area contributed by atoms with Gasteiger partial charge in [-0.3, -0.25) is 9.69 Å². The van der Waals surface area contributed by atoms with E-state index in [0.29, 0.717) is 25.7 Å². The second kappa shape index (κ2) is 6.76. The fourth-order valence-electron chi connectivity index (χ4n) is 1.71. The summed E-state index contributed by atoms with van der Waals surface area (Å²) in [7, 11) is 1.93. The summed E-state index contributed by atoms with van der Waals surface area (Å²) in [6.45, 7) is 3.14. The van der Waals surface area contributed by atoms with Crippen LogP contribution in [0.3, 0.4) is 0 Å². The highest BCUT2D eigenvalue weighted by Crippen LogP contribution is 2.12. The van der Waals surface area contributed by atoms with E-state index in [-0.39, 0.29) is 5.91 Å². The maximum absolute atomic E-state index is 11.3. The number of amides is 1. The first-order chi connectivity index (χ1) is 7.22. The lowest BCUT2D eigenvalue weighted by Crippen LogP contribution is -2.40. The molecule has 0 radical (unpaired) electrons. The molecule has 1 saturated heterocycles. The zero-order valence-electron chi connectivity index (χ0n) is 9.37. The van der Waals surface area contributed by atoms with Crippen molar-refractivity contribution >= 4 is 5.91 Å². The van der Waals surface area contributed by atoms with Gasteiger partial charge in [0.15, 0.2) is 0 Å². The summed E-state index contributed by atoms with van der Waals surface area (Å²) in [6, 6.07) is 0. The fourth-order valence-corrected chi connectivity index (χ4v) is 1.71. The largest absolute Gasteiger partial charge is 0.377 e. The van der Waals surface area contributed by atoms with E-state index >= 15 is 0 Å². The standard InChI is InChI=1S/C10H21N3O2/c1-13(7-9-3-2-6-15-9)8-10(14)12-5-4-11/h9H,2-8,11H2,1H3,(H,12,14). The van der Waals surface area contributed by atoms with Gasteiger partial charge in [-0.15, -0.1) is 0 Å². The molecule has 0 bridgehead atoms. The van der Waals surface area contributed by atoms with E-state index < -0.39 is 0 Å². The molecule has 88 valence electrons. The molecule has 0 saturated carbocycles. The van der Waals surface area contributed by atoms with Gasteiger partial charge in [0.05, 0.1) is 12.6 Å². The van der Waals surface area contributed by atoms with E-state index in [9.17, 15) is 4.79 Å². The first-order valence-corrected chi connectivity index (χ1v) is 5.49. The lowest BCUT2D eigenvalue weighted by molar-refractivity contribution is -0.122. The molecule has 1 amide bonds. The van der Waals surface area contributed by atoms with Crippen molar-refractivity contribution in [2.75, 3.05) is 39.8 Å². The van der Waals surface area contributed by atoms with Crippen molar-refractivity contribution < 1.29 is 9.53 Å². The van der Waals surface area contributed by atoms with Crippen LogP contribution in [0.4, 0.5) is 0 Å². The highest BCUT2D eigenvalue weighted by Gasteiger charge is 2.18. The minimum atomic E-state index is 0.0287. The quantitative estimate of drug-likeness (QED) is 0.607. The average Bonchev–Trinajstić information content (AvgIpc) is 2.67. The molecule has 1 unspecified atom stereocenters. The van der Waals surface area contributed by atoms with Crippen LogP contribution in [0.5, 0.6) is 0 Å². The molecule has 1 aliphatic heterocycles. The first-order valence-electron chi connectivity index (χ1n) is 5.49. The van der Waals surface area contributed by atoms with Gasteiger partial charge in [-0.1, -0.05) is 0 Å². The number of hydrogen-bond acceptors (Lipinski definition) is 4. The van der Waals surface area contributed by atoms with Crippen molar-refractivity contribution in [1.29, 1.82) is 0 Å². The SMILES string of the molecule is CN(CC(=O)NCCN)CC1CCCO1. The van der Waals surface area contributed by atoms with E-state index in [4.69, 9.17) is 10.5 Å². The summed E-state index contributed by atoms with van der Waals surface area (Å²) in [4.78, 5) is 13.3. The molecule has 1 fully saturated rings. The van der Waals surface area contributed by atoms with Crippen LogP contribution in [-0.4, -0.2) is 56.7 Å². The Kier molecular flexibility index (Phi) is 5.60. The zero-order valence-corrected chi connectivity index (χ0v) is 9.37. The number of carbonyl (C=O) groups excluding carboxylic acids is 1. The molecule has 1 heterocycles. The number of rotatable bonds is 6. The molecule has 0 spiro atoms. The number of hydrogen-bond donors (Lipinski definition) is 2. The topological polar surface area (TPSA) is 67.6 Å². The Morgan fingerprint density at radius 1 is 1.67 bits per heavy atom. The van der Waals surface area contributed by atoms with Crippen molar-refractivity contribution in [3.8, 4) is 0 Å². The normalized spacial score (nSPS) is 20.9. The highest BCUT2D eigenvalue weighted by atomic mass is 16.5. The number of likely N-dealkylation sites (N-methyl/N-ethyl adjacent to an activating group) is 1. The van der Waals surface area contributed by atoms with E-state index in [1.807, 2.05) is 11.9 Å². The molecule has 5 nitrogen and oxygen atoms in total. The molecule has 0 aromatic heterocycles. The third kappa shape index (κ3) is 5.11. The van der Waals surface area contributed by atoms with Gasteiger partial charge in [-0.25, -0.2) is 0 Å². The second-order valence-corrected chi connectivity index (χ2v) is 3.97. The molecule has 0 aliphatic carbocycles. The number of nitrogens with one attached hydrogen (secondary N) is 1. The molecule has 1 atom stereocenters. The second-order valence-electron chi connectivity index (χ2n) is 3.97. The molecule has 1 aliphatic rings. The van der Waals surface area contributed by atoms with Crippen molar-refractivity contribution in [3.63, 3.8) is 0 Å². The Bertz CT molecular complexity index is 193. The Morgan fingerprint density at radius 2 is 2.47 bits per heavy atom. The van der Waals surface area contributed by atoms with E-state index in [1.165, 1.54) is 0 Å². The van der Waals surface area contributed by atoms with Crippen LogP contribution >= 0.6 is 0 Å². The zero-order chi connectivity index (χ0) is 11.1. The minimum absolute atomic E-state index is 0.0287. The third-order valence-corrected chi connectivity index (χ3v) is 2.42. The highest BCUT2D eigenvalue weighted by molar-refractivity contribution is 5.77. The molecular weight excluding hydrogens is 194 g/mol. The summed E-state index contributed by atoms with van der Waals surface area (Å²) < 4.78 is 5.49. The van der Waals surface area contributed by atoms with Crippen LogP contribution < -0.4 is 11.1 Å². The van der Waals surface area contributed by atoms with E-state index in [1.54, 1.807) is 0 Å². The number of nitrogens with two attached hydrogens (primary N) is 1. The van der Waals surface area contributed by atoms with Crippen LogP contribution in [0.2, 0.25) is 0 Å². The average molecular weight is 215 g/mol. The van der Waals surface area contributed by atoms with E-state index in [0.717, 1.165) is 26.0 Å². The van der Waals surface area contributed by atoms with Crippen molar-refractivity contribution in [1.82, 2.24) is 10.2 Å². The van der Waals surface area contributed by atoms with Crippen LogP contribution in [0.1, 0.15) is 12.8 Å². The van der Waals surface area contributed by atoms with Crippen molar-refractivity contribution in [2.24, 2.45) is 5.73 Å². The Balaban J connectivity index is 2.11. The molecule has 0 aromatic carbocycles. The maximum Gasteiger partial charge on any atom is 0.234 e. The van der Waals surface area contributed by atoms with Crippen LogP contribution in [0.15, 0.2) is 0 Å². The molecule has 0 aromatic rings. The van der Waals surface area contributed by atoms with E-state index in [2.05, 4.69) is 5.32 Å². The summed E-state index contributed by atoms with van der Waals surface area (Å²) in [5.74, 6) is 0.0287. The Labute approximate surface area is 90.9 Å². The monoisotopic (exact) mass is 215 g/mol. The van der Waals surface area contributed by atoms with Gasteiger partial charge in [0.25, 0.3) is 0 Å². The molecule has 1 rings (SSSR count). The van der Waals surface area contributed by atoms with Crippen LogP contribution in [0.25, 0.3) is 0 Å². The summed E-state index contributed by atoms with van der Waals surface area (Å²) >= 11 is 0. The predicted octanol–water partition coefficient (Wildman–Crippen LogP) is -0.828. The summed E-state index contributed by atoms with van der Waals surface area (Å²) in [6.07, 6.45) is 2.55. The summed E-state index contributed by atoms with van der Waals surface area (Å²) in [5, 5.41) is 2.74. The molecule has 15 heavy (non-hydrogen) atoms. The predicted molar refractivity (Wildman–Crippen MR) is 58.5 cm³/mol. The summed E-state index contributed by atoms with van der Waals surface area (Å²) in [5.41, 5.74) is 5.29. The van der Waals surface area contributed by atoms with Gasteiger partial charge in [0.1, 0.15) is 0 Å². The minimum Gasteiger partial charge on any atom is -0.377 e. The third-order valence-electron chi connectivity index (χ3n) is 2.42. The Hall–Kier alpha value is -0.650. The van der Waals surface area contributed by atoms with Crippen LogP contribution in [-0.2, 0) is 9.53 Å². The van der Waals surface area contributed by atoms with Gasteiger partial charge < -0.3 is 15.8 Å². The number of nitrogens with zero attached hydrogens (tertiary/aromatic N) is 1. The lowest BCUT2D eigenvalue weighted by Gasteiger charge is -2.19. The molecule has 5 heteroatoms.